The minimum Gasteiger partial charge on any atom is -0.493 e. The Bertz CT molecular complexity index is 5400. The summed E-state index contributed by atoms with van der Waals surface area (Å²) < 4.78 is 51.3. The van der Waals surface area contributed by atoms with E-state index in [0.29, 0.717) is 79.4 Å². The second kappa shape index (κ2) is 58.5. The molecule has 2 fully saturated rings. The van der Waals surface area contributed by atoms with Gasteiger partial charge in [0, 0.05) is 92.1 Å². The average molecular weight is 2030 g/mol. The Morgan fingerprint density at radius 2 is 1.25 bits per heavy atom. The second-order valence-corrected chi connectivity index (χ2v) is 35.4. The van der Waals surface area contributed by atoms with Crippen molar-refractivity contribution >= 4 is 157 Å². The number of likely N-dealkylation sites (tertiary alicyclic amines) is 1. The Hall–Kier alpha value is -14.5. The van der Waals surface area contributed by atoms with Crippen LogP contribution in [0.15, 0.2) is 94.0 Å². The van der Waals surface area contributed by atoms with E-state index in [0.717, 1.165) is 21.9 Å². The van der Waals surface area contributed by atoms with Crippen LogP contribution < -0.4 is 89.1 Å². The number of aliphatic imine (C=N–C) groups is 1. The Labute approximate surface area is 822 Å². The molecule has 142 heavy (non-hydrogen) atoms. The van der Waals surface area contributed by atoms with Crippen LogP contribution in [0.2, 0.25) is 0 Å². The van der Waals surface area contributed by atoms with Crippen LogP contribution in [-0.2, 0) is 83.0 Å². The second-order valence-electron chi connectivity index (χ2n) is 32.6. The van der Waals surface area contributed by atoms with E-state index in [4.69, 9.17) is 64.3 Å². The lowest BCUT2D eigenvalue weighted by molar-refractivity contribution is -0.142. The zero-order chi connectivity index (χ0) is 103. The summed E-state index contributed by atoms with van der Waals surface area (Å²) in [6, 6.07) is 2.80. The SMILES string of the molecule is C=C1C[C@H]2C=Nc3cc(OCCCCCOc4cc(NC(=O)OCC(C)SSC[C@H](NC(=O)CCOCCOCCOCCOCCNC(=O)[C@H](CCC(=O)O)NC(=O)[C@H](CC(=O)O)NC(=O)[C@H](CCCNC(=N)N)NC(=O)[C@H](CC(=O)O)NC(=O)CC[C@@H](C)NC(=O)c5ccc(NCc6cnc7nc(N)[nH]c(=O)c7n6)cc5)C(=O)O)c(C(=O)N5CC(=C)C[C@H]5/C=N/OC)cc4OC)c(OC)cc3C(=O)N2C1. The van der Waals surface area contributed by atoms with Crippen molar-refractivity contribution in [2.24, 2.45) is 15.9 Å². The molecule has 0 aliphatic carbocycles. The average Bonchev–Trinajstić information content (AvgIpc) is 1.67. The molecule has 0 radical (unpaired) electrons. The number of nitrogens with zero attached hydrogens (tertiary/aromatic N) is 7. The number of aliphatic carboxylic acids is 4. The molecule has 0 saturated carbocycles. The predicted octanol–water partition coefficient (Wildman–Crippen LogP) is 2.52. The van der Waals surface area contributed by atoms with Crippen LogP contribution in [-0.4, -0.2) is 331 Å². The number of H-pyrrole nitrogens is 1. The molecule has 5 aromatic rings. The fourth-order valence-corrected chi connectivity index (χ4v) is 16.5. The summed E-state index contributed by atoms with van der Waals surface area (Å²) in [6.07, 6.45) is 2.45. The number of carbonyl (C=O) groups is 14. The zero-order valence-electron chi connectivity index (χ0n) is 79.0. The summed E-state index contributed by atoms with van der Waals surface area (Å²) in [5.41, 5.74) is 14.4. The smallest absolute Gasteiger partial charge is 0.411 e. The van der Waals surface area contributed by atoms with Crippen molar-refractivity contribution in [1.82, 2.24) is 72.3 Å². The van der Waals surface area contributed by atoms with Crippen molar-refractivity contribution < 1.29 is 135 Å². The van der Waals surface area contributed by atoms with Gasteiger partial charge in [-0.1, -0.05) is 51.0 Å². The molecule has 20 N–H and O–H groups in total. The van der Waals surface area contributed by atoms with E-state index in [-0.39, 0.29) is 187 Å². The first kappa shape index (κ1) is 113. The molecule has 10 amide bonds. The molecular weight excluding hydrogens is 1900 g/mol. The highest BCUT2D eigenvalue weighted by Crippen LogP contribution is 2.40. The maximum Gasteiger partial charge on any atom is 0.411 e. The van der Waals surface area contributed by atoms with Gasteiger partial charge in [0.25, 0.3) is 23.3 Å². The number of nitrogens with one attached hydrogen (secondary N) is 12. The normalized spacial score (nSPS) is 15.1. The fraction of sp³-hybridized carbons (Fsp3) is 0.500. The Balaban J connectivity index is 0.691. The van der Waals surface area contributed by atoms with Gasteiger partial charge in [0.05, 0.1) is 152 Å². The number of amides is 10. The third kappa shape index (κ3) is 37.9. The van der Waals surface area contributed by atoms with E-state index in [9.17, 15) is 92.3 Å². The monoisotopic (exact) mass is 2020 g/mol. The van der Waals surface area contributed by atoms with Gasteiger partial charge in [0.2, 0.25) is 41.4 Å². The van der Waals surface area contributed by atoms with E-state index in [2.05, 4.69) is 96.4 Å². The molecule has 5 heterocycles. The highest BCUT2D eigenvalue weighted by molar-refractivity contribution is 8.77. The Kier molecular flexibility index (Phi) is 46.5. The van der Waals surface area contributed by atoms with E-state index in [1.807, 2.05) is 0 Å². The van der Waals surface area contributed by atoms with Crippen LogP contribution in [0.1, 0.15) is 141 Å². The molecule has 3 aliphatic rings. The number of fused-ring (bicyclic) bond motifs is 3. The number of nitrogens with two attached hydrogens (primary N) is 2. The fourth-order valence-electron chi connectivity index (χ4n) is 14.2. The molecular formula is C90H121N21O29S2. The number of ether oxygens (including phenoxy) is 9. The minimum atomic E-state index is -1.99. The van der Waals surface area contributed by atoms with Crippen molar-refractivity contribution in [3.63, 3.8) is 0 Å². The summed E-state index contributed by atoms with van der Waals surface area (Å²) >= 11 is 0. The topological polar surface area (TPSA) is 711 Å². The van der Waals surface area contributed by atoms with E-state index in [1.54, 1.807) is 49.2 Å². The Morgan fingerprint density at radius 3 is 1.89 bits per heavy atom. The predicted molar refractivity (Wildman–Crippen MR) is 517 cm³/mol. The molecule has 8 rings (SSSR count). The number of hydrogen-bond donors (Lipinski definition) is 18. The van der Waals surface area contributed by atoms with Crippen LogP contribution in [0.3, 0.4) is 0 Å². The van der Waals surface area contributed by atoms with Gasteiger partial charge in [0.1, 0.15) is 43.9 Å². The molecule has 772 valence electrons. The molecule has 0 bridgehead atoms. The van der Waals surface area contributed by atoms with Gasteiger partial charge in [-0.3, -0.25) is 83.0 Å². The first-order valence-electron chi connectivity index (χ1n) is 45.2. The van der Waals surface area contributed by atoms with Crippen LogP contribution in [0, 0.1) is 5.41 Å². The lowest BCUT2D eigenvalue weighted by Gasteiger charge is -2.26. The number of unbranched alkanes of at least 4 members (excludes halogenated alkanes) is 2. The Morgan fingerprint density at radius 1 is 0.641 bits per heavy atom. The van der Waals surface area contributed by atoms with Crippen molar-refractivity contribution in [2.45, 2.75) is 164 Å². The molecule has 3 aliphatic heterocycles. The third-order valence-electron chi connectivity index (χ3n) is 21.3. The number of guanidine groups is 1. The number of aromatic amines is 1. The number of benzene rings is 3. The molecule has 52 heteroatoms. The molecule has 2 aromatic heterocycles. The van der Waals surface area contributed by atoms with Gasteiger partial charge >= 0.3 is 30.0 Å². The molecule has 0 spiro atoms. The number of carbonyl (C=O) groups excluding carboxylic acids is 10. The maximum absolute atomic E-state index is 14.4. The summed E-state index contributed by atoms with van der Waals surface area (Å²) in [5.74, 6) is -12.4. The first-order valence-corrected chi connectivity index (χ1v) is 47.6. The van der Waals surface area contributed by atoms with E-state index in [1.165, 1.54) is 73.7 Å². The van der Waals surface area contributed by atoms with E-state index >= 15 is 0 Å². The first-order chi connectivity index (χ1) is 68.0. The molecule has 3 aromatic carbocycles. The van der Waals surface area contributed by atoms with Gasteiger partial charge in [-0.15, -0.1) is 0 Å². The quantitative estimate of drug-likeness (QED) is 0.00664. The summed E-state index contributed by atoms with van der Waals surface area (Å²) in [4.78, 5) is 224. The third-order valence-corrected chi connectivity index (χ3v) is 24.2. The number of rotatable bonds is 64. The van der Waals surface area contributed by atoms with Crippen LogP contribution in [0.25, 0.3) is 11.2 Å². The summed E-state index contributed by atoms with van der Waals surface area (Å²) in [7, 11) is 6.62. The van der Waals surface area contributed by atoms with Crippen LogP contribution in [0.4, 0.5) is 27.8 Å². The highest BCUT2D eigenvalue weighted by atomic mass is 33.1. The largest absolute Gasteiger partial charge is 0.493 e. The number of carboxylic acids is 4. The van der Waals surface area contributed by atoms with Gasteiger partial charge in [-0.2, -0.15) is 4.98 Å². The molecule has 1 unspecified atom stereocenters. The number of nitrogen functional groups attached to an aromatic ring is 1. The summed E-state index contributed by atoms with van der Waals surface area (Å²) in [5, 5.41) is 75.3. The standard InChI is InChI=1S/C90H121N21O29S2/c1-50-34-57-44-97-63-38-70(68(131-5)36-59(63)85(126)110(57)46-50)138-24-9-8-10-25-139-71-39-64(60(37-69(71)132-6)86(127)111-47-51(2)35-58(111)45-99-133-7)107-90(130)140-48-53(4)142-141-49-67(87(128)129)103-73(113)21-26-134-28-30-136-32-33-137-31-29-135-27-23-94-80(121)62(18-20-74(114)115)105-83(124)66(41-76(118)119)106-81(122)61(12-11-22-95-88(91)92)104-82(123)65(40-75(116)117)102-72(112)19-13-52(3)100-79(120)54-14-16-55(17-15-54)96-42-56-43-98-78-77(101-56)84(125)109-89(93)108-78/h14-17,36-39,43-45,52-53,57-58,61-62,65-67,96H,1-2,8-13,18-35,40-42,46-49H2,3-7H3,(H,94,121)(H,100,120)(H,102,112)(H,103,113)(H,104,123)(H,105,124)(H,106,122)(H,107,130)(H,114,115)(H,116,117)(H,118,119)(H,128,129)(H4,91,92,95)(H3,93,98,108,109,125)/b99-45+/t52-,53?,57+,58+,61+,62+,65+,66+,67+/m1/s1. The maximum atomic E-state index is 14.4. The number of anilines is 3. The van der Waals surface area contributed by atoms with Crippen LogP contribution in [0.5, 0.6) is 23.0 Å². The van der Waals surface area contributed by atoms with Crippen LogP contribution >= 0.6 is 21.6 Å². The van der Waals surface area contributed by atoms with E-state index < -0.39 is 162 Å². The summed E-state index contributed by atoms with van der Waals surface area (Å²) in [6.45, 7) is 12.7. The lowest BCUT2D eigenvalue weighted by Crippen LogP contribution is -2.59. The van der Waals surface area contributed by atoms with Gasteiger partial charge in [-0.05, 0) is 108 Å². The molecule has 50 nitrogen and oxygen atoms in total. The number of carboxylic acid groups (broad SMARTS) is 4. The van der Waals surface area contributed by atoms with Gasteiger partial charge in [-0.25, -0.2) is 19.6 Å². The van der Waals surface area contributed by atoms with Crippen molar-refractivity contribution in [2.75, 3.05) is 142 Å². The van der Waals surface area contributed by atoms with Crippen molar-refractivity contribution in [3.8, 4) is 23.0 Å². The number of oxime groups is 1. The van der Waals surface area contributed by atoms with Crippen molar-refractivity contribution in [3.05, 3.63) is 112 Å². The van der Waals surface area contributed by atoms with Gasteiger partial charge in [0.15, 0.2) is 40.1 Å². The zero-order valence-corrected chi connectivity index (χ0v) is 80.6. The number of aromatic nitrogens is 4. The lowest BCUT2D eigenvalue weighted by atomic mass is 10.1. The molecule has 2 saturated heterocycles. The number of hydrogen-bond acceptors (Lipinski definition) is 35. The minimum absolute atomic E-state index is 0.00516. The van der Waals surface area contributed by atoms with Gasteiger partial charge < -0.3 is 137 Å². The highest BCUT2D eigenvalue weighted by Gasteiger charge is 2.38. The van der Waals surface area contributed by atoms with Crippen molar-refractivity contribution in [1.29, 1.82) is 5.41 Å². The molecule has 9 atom stereocenters. The number of methoxy groups -OCH3 is 2.